The van der Waals surface area contributed by atoms with E-state index in [0.29, 0.717) is 23.6 Å². The average molecular weight is 962 g/mol. The Morgan fingerprint density at radius 1 is 0.323 bits per heavy atom. The summed E-state index contributed by atoms with van der Waals surface area (Å²) >= 11 is 0. The minimum atomic E-state index is -4.23. The van der Waals surface area contributed by atoms with Crippen LogP contribution in [0.2, 0.25) is 0 Å². The van der Waals surface area contributed by atoms with E-state index in [4.69, 9.17) is 0 Å². The molecular formula is C56H88CaO6S2. The predicted molar refractivity (Wildman–Crippen MR) is 280 cm³/mol. The molecule has 0 unspecified atom stereocenters. The van der Waals surface area contributed by atoms with Crippen LogP contribution in [0.25, 0.3) is 21.5 Å². The first-order valence-corrected chi connectivity index (χ1v) is 28.9. The molecule has 2 N–H and O–H groups in total. The molecule has 0 saturated carbocycles. The molecule has 0 atom stereocenters. The van der Waals surface area contributed by atoms with Crippen molar-refractivity contribution in [2.75, 3.05) is 0 Å². The maximum atomic E-state index is 12.0. The van der Waals surface area contributed by atoms with Gasteiger partial charge in [-0.2, -0.15) is 16.8 Å². The van der Waals surface area contributed by atoms with E-state index in [0.717, 1.165) is 47.6 Å². The third kappa shape index (κ3) is 25.6. The van der Waals surface area contributed by atoms with E-state index >= 15 is 0 Å². The first kappa shape index (κ1) is 59.6. The predicted octanol–water partition coefficient (Wildman–Crippen LogP) is 17.4. The van der Waals surface area contributed by atoms with Gasteiger partial charge in [0, 0.05) is 48.5 Å². The fraction of sp³-hybridized carbons (Fsp3) is 0.643. The van der Waals surface area contributed by atoms with E-state index in [1.54, 1.807) is 12.1 Å². The van der Waals surface area contributed by atoms with Crippen molar-refractivity contribution >= 4 is 79.5 Å². The Kier molecular flexibility index (Phi) is 33.4. The van der Waals surface area contributed by atoms with Crippen LogP contribution in [0.15, 0.2) is 82.6 Å². The molecule has 0 aliphatic carbocycles. The molecule has 0 spiro atoms. The zero-order valence-electron chi connectivity index (χ0n) is 41.0. The van der Waals surface area contributed by atoms with Crippen molar-refractivity contribution in [3.05, 3.63) is 83.9 Å². The van der Waals surface area contributed by atoms with Crippen molar-refractivity contribution < 1.29 is 25.9 Å². The molecule has 0 saturated heterocycles. The van der Waals surface area contributed by atoms with Gasteiger partial charge < -0.3 is 0 Å². The number of fused-ring (bicyclic) bond motifs is 2. The third-order valence-electron chi connectivity index (χ3n) is 13.0. The maximum Gasteiger partial charge on any atom is 0.295 e. The molecule has 4 aromatic carbocycles. The number of hydrogen-bond acceptors (Lipinski definition) is 4. The summed E-state index contributed by atoms with van der Waals surface area (Å²) in [5.74, 6) is 0. The summed E-state index contributed by atoms with van der Waals surface area (Å²) in [6, 6.07) is 22.3. The van der Waals surface area contributed by atoms with Crippen molar-refractivity contribution in [2.45, 2.75) is 242 Å². The molecule has 0 aromatic heterocycles. The molecule has 4 aromatic rings. The average Bonchev–Trinajstić information content (AvgIpc) is 3.27. The largest absolute Gasteiger partial charge is 0.295 e. The number of aryl methyl sites for hydroxylation is 2. The Balaban J connectivity index is 0.000000440. The van der Waals surface area contributed by atoms with Crippen molar-refractivity contribution in [1.82, 2.24) is 0 Å². The molecular weight excluding hydrogens is 873 g/mol. The van der Waals surface area contributed by atoms with E-state index < -0.39 is 20.2 Å². The van der Waals surface area contributed by atoms with Crippen molar-refractivity contribution in [3.63, 3.8) is 0 Å². The van der Waals surface area contributed by atoms with Gasteiger partial charge in [0.1, 0.15) is 9.79 Å². The zero-order valence-corrected chi connectivity index (χ0v) is 44.9. The fourth-order valence-corrected chi connectivity index (χ4v) is 11.2. The molecule has 0 amide bonds. The first-order chi connectivity index (χ1) is 31.1. The molecule has 4 rings (SSSR count). The SMILES string of the molecule is CCCCCCCCCCCCCCCCCCc1ccc2ccccc2c1S(=O)(=O)O.CCCCCCCCCCCCCCCCCCc1ccc2ccccc2c1S(=O)(=O)O.[Ca]. The van der Waals surface area contributed by atoms with Gasteiger partial charge >= 0.3 is 0 Å². The standard InChI is InChI=1S/2C28H44O3S.Ca/c2*1-2-3-4-5-6-7-8-9-10-11-12-13-14-15-16-17-21-26-24-23-25-20-18-19-22-27(25)28(26)32(29,30)31;/h2*18-20,22-24H,2-17,21H2,1H3,(H,29,30,31);. The summed E-state index contributed by atoms with van der Waals surface area (Å²) in [4.78, 5) is 0.188. The van der Waals surface area contributed by atoms with E-state index in [1.807, 2.05) is 60.7 Å². The number of unbranched alkanes of at least 4 members (excludes halogenated alkanes) is 30. The van der Waals surface area contributed by atoms with Crippen LogP contribution in [0.5, 0.6) is 0 Å². The topological polar surface area (TPSA) is 109 Å². The van der Waals surface area contributed by atoms with Crippen molar-refractivity contribution in [3.8, 4) is 0 Å². The Morgan fingerprint density at radius 3 is 0.800 bits per heavy atom. The minimum Gasteiger partial charge on any atom is -0.282 e. The van der Waals surface area contributed by atoms with E-state index in [9.17, 15) is 25.9 Å². The Morgan fingerprint density at radius 2 is 0.554 bits per heavy atom. The quantitative estimate of drug-likeness (QED) is 0.0267. The van der Waals surface area contributed by atoms with Gasteiger partial charge in [-0.1, -0.05) is 279 Å². The van der Waals surface area contributed by atoms with Gasteiger partial charge in [0.2, 0.25) is 0 Å². The summed E-state index contributed by atoms with van der Waals surface area (Å²) in [6.45, 7) is 4.54. The monoisotopic (exact) mass is 961 g/mol. The molecule has 0 fully saturated rings. The van der Waals surface area contributed by atoms with Crippen LogP contribution < -0.4 is 0 Å². The second-order valence-electron chi connectivity index (χ2n) is 18.6. The summed E-state index contributed by atoms with van der Waals surface area (Å²) in [5.41, 5.74) is 1.47. The number of benzene rings is 4. The zero-order chi connectivity index (χ0) is 46.1. The molecule has 9 heteroatoms. The van der Waals surface area contributed by atoms with Crippen LogP contribution in [-0.2, 0) is 33.1 Å². The van der Waals surface area contributed by atoms with Crippen LogP contribution >= 0.6 is 0 Å². The maximum absolute atomic E-state index is 12.0. The molecule has 0 bridgehead atoms. The van der Waals surface area contributed by atoms with Gasteiger partial charge in [-0.05, 0) is 47.6 Å². The van der Waals surface area contributed by atoms with Crippen LogP contribution in [-0.4, -0.2) is 63.7 Å². The van der Waals surface area contributed by atoms with Crippen molar-refractivity contribution in [1.29, 1.82) is 0 Å². The smallest absolute Gasteiger partial charge is 0.282 e. The fourth-order valence-electron chi connectivity index (χ4n) is 9.31. The molecule has 0 heterocycles. The summed E-state index contributed by atoms with van der Waals surface area (Å²) < 4.78 is 67.5. The molecule has 0 aliphatic heterocycles. The summed E-state index contributed by atoms with van der Waals surface area (Å²) in [6.07, 6.45) is 43.7. The van der Waals surface area contributed by atoms with E-state index in [-0.39, 0.29) is 47.5 Å². The van der Waals surface area contributed by atoms with Gasteiger partial charge in [-0.3, -0.25) is 9.11 Å². The Hall–Kier alpha value is -1.52. The minimum absolute atomic E-state index is 0. The van der Waals surface area contributed by atoms with Gasteiger partial charge in [-0.15, -0.1) is 0 Å². The van der Waals surface area contributed by atoms with Crippen LogP contribution in [0.1, 0.15) is 230 Å². The Bertz CT molecular complexity index is 1900. The summed E-state index contributed by atoms with van der Waals surface area (Å²) in [7, 11) is -8.46. The summed E-state index contributed by atoms with van der Waals surface area (Å²) in [5, 5.41) is 2.92. The van der Waals surface area contributed by atoms with E-state index in [1.165, 1.54) is 180 Å². The normalized spacial score (nSPS) is 11.8. The second-order valence-corrected chi connectivity index (χ2v) is 21.3. The molecule has 65 heavy (non-hydrogen) atoms. The van der Waals surface area contributed by atoms with Gasteiger partial charge in [0.15, 0.2) is 0 Å². The molecule has 6 nitrogen and oxygen atoms in total. The van der Waals surface area contributed by atoms with Crippen LogP contribution in [0.4, 0.5) is 0 Å². The van der Waals surface area contributed by atoms with Gasteiger partial charge in [0.25, 0.3) is 20.2 Å². The number of rotatable bonds is 36. The first-order valence-electron chi connectivity index (χ1n) is 26.0. The van der Waals surface area contributed by atoms with Gasteiger partial charge in [-0.25, -0.2) is 0 Å². The Labute approximate surface area is 427 Å². The van der Waals surface area contributed by atoms with Crippen LogP contribution in [0, 0.1) is 0 Å². The number of hydrogen-bond donors (Lipinski definition) is 2. The van der Waals surface area contributed by atoms with Gasteiger partial charge in [0.05, 0.1) is 0 Å². The van der Waals surface area contributed by atoms with E-state index in [2.05, 4.69) is 13.8 Å². The third-order valence-corrected chi connectivity index (χ3v) is 15.0. The molecule has 362 valence electrons. The van der Waals surface area contributed by atoms with Crippen LogP contribution in [0.3, 0.4) is 0 Å². The molecule has 0 aliphatic rings. The molecule has 2 radical (unpaired) electrons. The van der Waals surface area contributed by atoms with Crippen molar-refractivity contribution in [2.24, 2.45) is 0 Å². The second kappa shape index (κ2) is 36.5.